The summed E-state index contributed by atoms with van der Waals surface area (Å²) in [4.78, 5) is 12.5. The van der Waals surface area contributed by atoms with Crippen molar-refractivity contribution in [2.75, 3.05) is 10.6 Å². The third-order valence-corrected chi connectivity index (χ3v) is 6.09. The van der Waals surface area contributed by atoms with E-state index in [0.717, 1.165) is 0 Å². The van der Waals surface area contributed by atoms with E-state index in [-0.39, 0.29) is 10.6 Å². The summed E-state index contributed by atoms with van der Waals surface area (Å²) in [7, 11) is -3.56. The van der Waals surface area contributed by atoms with Crippen molar-refractivity contribution in [2.45, 2.75) is 17.6 Å². The molecular weight excluding hydrogens is 384 g/mol. The molecule has 0 unspecified atom stereocenters. The molecule has 0 aromatic heterocycles. The fraction of sp³-hybridized carbons (Fsp3) is 0.0870. The van der Waals surface area contributed by atoms with Crippen molar-refractivity contribution in [1.29, 1.82) is 0 Å². The predicted octanol–water partition coefficient (Wildman–Crippen LogP) is 4.59. The molecule has 0 saturated heterocycles. The monoisotopic (exact) mass is 404 g/mol. The van der Waals surface area contributed by atoms with Crippen LogP contribution < -0.4 is 10.6 Å². The highest BCUT2D eigenvalue weighted by Gasteiger charge is 2.19. The maximum Gasteiger partial charge on any atom is 0.323 e. The summed E-state index contributed by atoms with van der Waals surface area (Å²) in [5.74, 6) is 2.39. The molecule has 5 nitrogen and oxygen atoms in total. The van der Waals surface area contributed by atoms with Gasteiger partial charge in [0.05, 0.1) is 10.6 Å². The van der Waals surface area contributed by atoms with Gasteiger partial charge in [0.1, 0.15) is 0 Å². The number of benzene rings is 3. The molecular formula is C23H20N2O3S. The van der Waals surface area contributed by atoms with Gasteiger partial charge in [0, 0.05) is 16.9 Å². The number of rotatable bonds is 5. The highest BCUT2D eigenvalue weighted by atomic mass is 32.2. The van der Waals surface area contributed by atoms with Gasteiger partial charge in [-0.2, -0.15) is 0 Å². The second kappa shape index (κ2) is 8.63. The number of sulfone groups is 1. The molecule has 0 bridgehead atoms. The number of carbonyl (C=O) groups excluding carboxylic acids is 1. The standard InChI is InChI=1S/C23H20N2O3S/c1-3-18-10-7-11-20(14-18)24-23(26)25-21-13-12-17(2)22(15-21)29(27,28)16-19-8-5-4-6-9-19/h1,4-15H,16H2,2H3,(H2,24,25,26). The van der Waals surface area contributed by atoms with Crippen molar-refractivity contribution in [1.82, 2.24) is 0 Å². The molecule has 146 valence electrons. The molecule has 3 rings (SSSR count). The van der Waals surface area contributed by atoms with Crippen LogP contribution in [0.1, 0.15) is 16.7 Å². The molecule has 3 aromatic rings. The first-order valence-corrected chi connectivity index (χ1v) is 10.5. The maximum atomic E-state index is 12.9. The first-order chi connectivity index (χ1) is 13.9. The van der Waals surface area contributed by atoms with E-state index in [1.165, 1.54) is 6.07 Å². The highest BCUT2D eigenvalue weighted by molar-refractivity contribution is 7.90. The number of amides is 2. The Morgan fingerprint density at radius 1 is 0.931 bits per heavy atom. The molecule has 0 spiro atoms. The highest BCUT2D eigenvalue weighted by Crippen LogP contribution is 2.24. The number of nitrogens with one attached hydrogen (secondary N) is 2. The molecule has 29 heavy (non-hydrogen) atoms. The van der Waals surface area contributed by atoms with Gasteiger partial charge in [0.2, 0.25) is 0 Å². The molecule has 0 heterocycles. The number of terminal acetylenes is 1. The van der Waals surface area contributed by atoms with Gasteiger partial charge in [-0.3, -0.25) is 0 Å². The van der Waals surface area contributed by atoms with Crippen LogP contribution in [-0.2, 0) is 15.6 Å². The first-order valence-electron chi connectivity index (χ1n) is 8.89. The van der Waals surface area contributed by atoms with Crippen LogP contribution >= 0.6 is 0 Å². The van der Waals surface area contributed by atoms with Crippen LogP contribution in [0.15, 0.2) is 77.7 Å². The molecule has 0 aliphatic heterocycles. The predicted molar refractivity (Wildman–Crippen MR) is 116 cm³/mol. The van der Waals surface area contributed by atoms with E-state index >= 15 is 0 Å². The van der Waals surface area contributed by atoms with Gasteiger partial charge >= 0.3 is 6.03 Å². The zero-order chi connectivity index (χ0) is 20.9. The van der Waals surface area contributed by atoms with Gasteiger partial charge in [0.15, 0.2) is 9.84 Å². The Kier molecular flexibility index (Phi) is 6.01. The summed E-state index contributed by atoms with van der Waals surface area (Å²) in [6.45, 7) is 1.73. The molecule has 2 N–H and O–H groups in total. The number of carbonyl (C=O) groups is 1. The Hall–Kier alpha value is -3.56. The molecule has 6 heteroatoms. The largest absolute Gasteiger partial charge is 0.323 e. The summed E-state index contributed by atoms with van der Waals surface area (Å²) in [6, 6.07) is 20.2. The van der Waals surface area contributed by atoms with Crippen LogP contribution in [0.2, 0.25) is 0 Å². The van der Waals surface area contributed by atoms with Crippen LogP contribution in [0.25, 0.3) is 0 Å². The summed E-state index contributed by atoms with van der Waals surface area (Å²) in [6.07, 6.45) is 5.36. The van der Waals surface area contributed by atoms with E-state index in [1.54, 1.807) is 67.6 Å². The first kappa shape index (κ1) is 20.2. The zero-order valence-corrected chi connectivity index (χ0v) is 16.7. The van der Waals surface area contributed by atoms with Gasteiger partial charge < -0.3 is 10.6 Å². The van der Waals surface area contributed by atoms with Gasteiger partial charge in [-0.15, -0.1) is 6.42 Å². The van der Waals surface area contributed by atoms with E-state index in [4.69, 9.17) is 6.42 Å². The summed E-state index contributed by atoms with van der Waals surface area (Å²) >= 11 is 0. The van der Waals surface area contributed by atoms with Crippen LogP contribution in [0.5, 0.6) is 0 Å². The van der Waals surface area contributed by atoms with Crippen LogP contribution in [0.3, 0.4) is 0 Å². The van der Waals surface area contributed by atoms with Gasteiger partial charge in [-0.1, -0.05) is 48.4 Å². The number of aryl methyl sites for hydroxylation is 1. The van der Waals surface area contributed by atoms with Crippen molar-refractivity contribution in [3.63, 3.8) is 0 Å². The van der Waals surface area contributed by atoms with Crippen LogP contribution in [0.4, 0.5) is 16.2 Å². The topological polar surface area (TPSA) is 75.3 Å². The van der Waals surface area contributed by atoms with Crippen molar-refractivity contribution in [3.05, 3.63) is 89.5 Å². The average molecular weight is 404 g/mol. The van der Waals surface area contributed by atoms with E-state index in [2.05, 4.69) is 16.6 Å². The van der Waals surface area contributed by atoms with Gasteiger partial charge in [-0.25, -0.2) is 13.2 Å². The molecule has 2 amide bonds. The Labute approximate surface area is 170 Å². The minimum absolute atomic E-state index is 0.108. The number of hydrogen-bond donors (Lipinski definition) is 2. The summed E-state index contributed by atoms with van der Waals surface area (Å²) in [5.41, 5.74) is 2.90. The molecule has 0 radical (unpaired) electrons. The van der Waals surface area contributed by atoms with Crippen molar-refractivity contribution < 1.29 is 13.2 Å². The fourth-order valence-electron chi connectivity index (χ4n) is 2.86. The van der Waals surface area contributed by atoms with Crippen molar-refractivity contribution in [2.24, 2.45) is 0 Å². The Morgan fingerprint density at radius 2 is 1.62 bits per heavy atom. The molecule has 0 aliphatic carbocycles. The SMILES string of the molecule is C#Cc1cccc(NC(=O)Nc2ccc(C)c(S(=O)(=O)Cc3ccccc3)c2)c1. The summed E-state index contributed by atoms with van der Waals surface area (Å²) in [5, 5.41) is 5.35. The fourth-order valence-corrected chi connectivity index (χ4v) is 4.52. The molecule has 0 fully saturated rings. The maximum absolute atomic E-state index is 12.9. The van der Waals surface area contributed by atoms with Gasteiger partial charge in [-0.05, 0) is 48.4 Å². The molecule has 0 saturated carbocycles. The van der Waals surface area contributed by atoms with Crippen molar-refractivity contribution in [3.8, 4) is 12.3 Å². The molecule has 3 aromatic carbocycles. The quantitative estimate of drug-likeness (QED) is 0.611. The number of urea groups is 1. The third-order valence-electron chi connectivity index (χ3n) is 4.27. The van der Waals surface area contributed by atoms with E-state index in [0.29, 0.717) is 28.1 Å². The molecule has 0 atom stereocenters. The van der Waals surface area contributed by atoms with Crippen LogP contribution in [0, 0.1) is 19.3 Å². The smallest absolute Gasteiger partial charge is 0.308 e. The Balaban J connectivity index is 1.78. The Bertz CT molecular complexity index is 1180. The minimum atomic E-state index is -3.56. The number of hydrogen-bond acceptors (Lipinski definition) is 3. The number of anilines is 2. The normalized spacial score (nSPS) is 10.8. The lowest BCUT2D eigenvalue weighted by molar-refractivity contribution is 0.262. The minimum Gasteiger partial charge on any atom is -0.308 e. The summed E-state index contributed by atoms with van der Waals surface area (Å²) < 4.78 is 25.7. The lowest BCUT2D eigenvalue weighted by Crippen LogP contribution is -2.19. The van der Waals surface area contributed by atoms with Crippen LogP contribution in [-0.4, -0.2) is 14.4 Å². The van der Waals surface area contributed by atoms with Gasteiger partial charge in [0.25, 0.3) is 0 Å². The second-order valence-corrected chi connectivity index (χ2v) is 8.49. The third kappa shape index (κ3) is 5.24. The van der Waals surface area contributed by atoms with Crippen molar-refractivity contribution >= 4 is 27.2 Å². The molecule has 0 aliphatic rings. The zero-order valence-electron chi connectivity index (χ0n) is 15.8. The van der Waals surface area contributed by atoms with E-state index < -0.39 is 15.9 Å². The van der Waals surface area contributed by atoms with E-state index in [9.17, 15) is 13.2 Å². The average Bonchev–Trinajstić information content (AvgIpc) is 2.70. The van der Waals surface area contributed by atoms with E-state index in [1.807, 2.05) is 6.07 Å². The second-order valence-electron chi connectivity index (χ2n) is 6.53. The lowest BCUT2D eigenvalue weighted by atomic mass is 10.2. The lowest BCUT2D eigenvalue weighted by Gasteiger charge is -2.12. The Morgan fingerprint density at radius 3 is 2.31 bits per heavy atom.